The number of nitrogens with one attached hydrogen (secondary N) is 1. The van der Waals surface area contributed by atoms with E-state index in [1.54, 1.807) is 18.2 Å². The molecule has 0 atom stereocenters. The highest BCUT2D eigenvalue weighted by Gasteiger charge is 2.09. The minimum Gasteiger partial charge on any atom is -0.463 e. The van der Waals surface area contributed by atoms with E-state index in [9.17, 15) is 4.79 Å². The fourth-order valence-electron chi connectivity index (χ4n) is 1.54. The van der Waals surface area contributed by atoms with Crippen molar-refractivity contribution in [1.29, 1.82) is 5.26 Å². The molecular formula is C14H12N4O2. The van der Waals surface area contributed by atoms with Crippen molar-refractivity contribution in [3.63, 3.8) is 0 Å². The first-order chi connectivity index (χ1) is 9.72. The number of benzene rings is 1. The molecular weight excluding hydrogens is 256 g/mol. The smallest absolute Gasteiger partial charge is 0.376 e. The average Bonchev–Trinajstić information content (AvgIpc) is 2.53. The SMILES string of the molecule is COC(=O)c1nccc(NCc2ccc(C#N)cc2)n1. The van der Waals surface area contributed by atoms with Crippen LogP contribution in [0.1, 0.15) is 21.7 Å². The molecule has 0 aliphatic rings. The number of ether oxygens (including phenoxy) is 1. The van der Waals surface area contributed by atoms with Crippen molar-refractivity contribution in [2.45, 2.75) is 6.54 Å². The quantitative estimate of drug-likeness (QED) is 0.850. The molecule has 1 aromatic carbocycles. The largest absolute Gasteiger partial charge is 0.463 e. The summed E-state index contributed by atoms with van der Waals surface area (Å²) >= 11 is 0. The van der Waals surface area contributed by atoms with Crippen molar-refractivity contribution in [3.05, 3.63) is 53.5 Å². The van der Waals surface area contributed by atoms with Crippen molar-refractivity contribution in [1.82, 2.24) is 9.97 Å². The first-order valence-electron chi connectivity index (χ1n) is 5.87. The number of esters is 1. The summed E-state index contributed by atoms with van der Waals surface area (Å²) in [7, 11) is 1.28. The lowest BCUT2D eigenvalue weighted by Crippen LogP contribution is -2.09. The molecule has 2 aromatic rings. The van der Waals surface area contributed by atoms with Crippen LogP contribution in [0.4, 0.5) is 5.82 Å². The fraction of sp³-hybridized carbons (Fsp3) is 0.143. The molecule has 1 aromatic heterocycles. The molecule has 1 N–H and O–H groups in total. The fourth-order valence-corrected chi connectivity index (χ4v) is 1.54. The third kappa shape index (κ3) is 3.29. The van der Waals surface area contributed by atoms with Gasteiger partial charge >= 0.3 is 5.97 Å². The first-order valence-corrected chi connectivity index (χ1v) is 5.87. The first kappa shape index (κ1) is 13.5. The summed E-state index contributed by atoms with van der Waals surface area (Å²) in [5.41, 5.74) is 1.62. The summed E-state index contributed by atoms with van der Waals surface area (Å²) in [5, 5.41) is 11.8. The van der Waals surface area contributed by atoms with Crippen molar-refractivity contribution >= 4 is 11.8 Å². The van der Waals surface area contributed by atoms with E-state index in [-0.39, 0.29) is 5.82 Å². The van der Waals surface area contributed by atoms with Crippen LogP contribution >= 0.6 is 0 Å². The van der Waals surface area contributed by atoms with E-state index in [2.05, 4.69) is 26.1 Å². The van der Waals surface area contributed by atoms with Gasteiger partial charge in [0.2, 0.25) is 5.82 Å². The highest BCUT2D eigenvalue weighted by molar-refractivity contribution is 5.85. The van der Waals surface area contributed by atoms with E-state index in [4.69, 9.17) is 5.26 Å². The normalized spacial score (nSPS) is 9.60. The number of nitriles is 1. The van der Waals surface area contributed by atoms with Gasteiger partial charge in [0.05, 0.1) is 18.7 Å². The van der Waals surface area contributed by atoms with Gasteiger partial charge in [0, 0.05) is 12.7 Å². The third-order valence-electron chi connectivity index (χ3n) is 2.58. The van der Waals surface area contributed by atoms with Crippen LogP contribution in [0.5, 0.6) is 0 Å². The van der Waals surface area contributed by atoms with Crippen LogP contribution in [0.2, 0.25) is 0 Å². The molecule has 0 unspecified atom stereocenters. The molecule has 6 heteroatoms. The Morgan fingerprint density at radius 2 is 2.10 bits per heavy atom. The van der Waals surface area contributed by atoms with E-state index in [1.807, 2.05) is 12.1 Å². The van der Waals surface area contributed by atoms with Gasteiger partial charge in [-0.3, -0.25) is 0 Å². The Labute approximate surface area is 116 Å². The summed E-state index contributed by atoms with van der Waals surface area (Å²) < 4.78 is 4.56. The van der Waals surface area contributed by atoms with Crippen LogP contribution in [0.15, 0.2) is 36.5 Å². The van der Waals surface area contributed by atoms with Gasteiger partial charge in [-0.25, -0.2) is 14.8 Å². The Hall–Kier alpha value is -2.94. The van der Waals surface area contributed by atoms with E-state index in [0.29, 0.717) is 17.9 Å². The summed E-state index contributed by atoms with van der Waals surface area (Å²) in [6.07, 6.45) is 1.49. The average molecular weight is 268 g/mol. The lowest BCUT2D eigenvalue weighted by molar-refractivity contribution is 0.0587. The summed E-state index contributed by atoms with van der Waals surface area (Å²) in [5.74, 6) is -0.0332. The number of anilines is 1. The molecule has 2 rings (SSSR count). The number of hydrogen-bond donors (Lipinski definition) is 1. The van der Waals surface area contributed by atoms with Gasteiger partial charge in [-0.1, -0.05) is 12.1 Å². The van der Waals surface area contributed by atoms with Crippen molar-refractivity contribution in [2.75, 3.05) is 12.4 Å². The number of methoxy groups -OCH3 is 1. The standard InChI is InChI=1S/C14H12N4O2/c1-20-14(19)13-16-7-6-12(18-13)17-9-11-4-2-10(8-15)3-5-11/h2-7H,9H2,1H3,(H,16,17,18). The minimum absolute atomic E-state index is 0.0114. The van der Waals surface area contributed by atoms with Crippen molar-refractivity contribution in [2.24, 2.45) is 0 Å². The number of carbonyl (C=O) groups excluding carboxylic acids is 1. The van der Waals surface area contributed by atoms with Gasteiger partial charge in [0.15, 0.2) is 0 Å². The van der Waals surface area contributed by atoms with Crippen LogP contribution in [0.3, 0.4) is 0 Å². The van der Waals surface area contributed by atoms with Gasteiger partial charge in [0.25, 0.3) is 0 Å². The molecule has 0 amide bonds. The number of rotatable bonds is 4. The Bertz CT molecular complexity index is 647. The van der Waals surface area contributed by atoms with Crippen LogP contribution < -0.4 is 5.32 Å². The number of hydrogen-bond acceptors (Lipinski definition) is 6. The Balaban J connectivity index is 2.03. The molecule has 0 saturated carbocycles. The van der Waals surface area contributed by atoms with E-state index >= 15 is 0 Å². The van der Waals surface area contributed by atoms with Crippen molar-refractivity contribution in [3.8, 4) is 6.07 Å². The molecule has 0 bridgehead atoms. The highest BCUT2D eigenvalue weighted by Crippen LogP contribution is 2.08. The molecule has 6 nitrogen and oxygen atoms in total. The second kappa shape index (κ2) is 6.29. The number of aromatic nitrogens is 2. The van der Waals surface area contributed by atoms with E-state index in [0.717, 1.165) is 5.56 Å². The monoisotopic (exact) mass is 268 g/mol. The maximum absolute atomic E-state index is 11.3. The van der Waals surface area contributed by atoms with Gasteiger partial charge in [-0.05, 0) is 23.8 Å². The minimum atomic E-state index is -0.577. The van der Waals surface area contributed by atoms with Crippen LogP contribution in [-0.2, 0) is 11.3 Å². The van der Waals surface area contributed by atoms with E-state index < -0.39 is 5.97 Å². The molecule has 20 heavy (non-hydrogen) atoms. The predicted molar refractivity (Wildman–Crippen MR) is 71.9 cm³/mol. The van der Waals surface area contributed by atoms with Crippen LogP contribution in [0, 0.1) is 11.3 Å². The van der Waals surface area contributed by atoms with Crippen molar-refractivity contribution < 1.29 is 9.53 Å². The molecule has 0 spiro atoms. The molecule has 0 radical (unpaired) electrons. The lowest BCUT2D eigenvalue weighted by atomic mass is 10.1. The zero-order valence-corrected chi connectivity index (χ0v) is 10.8. The Morgan fingerprint density at radius 3 is 2.75 bits per heavy atom. The van der Waals surface area contributed by atoms with E-state index in [1.165, 1.54) is 13.3 Å². The summed E-state index contributed by atoms with van der Waals surface area (Å²) in [4.78, 5) is 19.2. The summed E-state index contributed by atoms with van der Waals surface area (Å²) in [6, 6.07) is 10.9. The van der Waals surface area contributed by atoms with Gasteiger partial charge in [-0.15, -0.1) is 0 Å². The maximum atomic E-state index is 11.3. The second-order valence-corrected chi connectivity index (χ2v) is 3.92. The van der Waals surface area contributed by atoms with Crippen LogP contribution in [-0.4, -0.2) is 23.0 Å². The number of carbonyl (C=O) groups is 1. The van der Waals surface area contributed by atoms with Gasteiger partial charge in [-0.2, -0.15) is 5.26 Å². The Morgan fingerprint density at radius 1 is 1.35 bits per heavy atom. The topological polar surface area (TPSA) is 87.9 Å². The highest BCUT2D eigenvalue weighted by atomic mass is 16.5. The molecule has 0 saturated heterocycles. The molecule has 1 heterocycles. The lowest BCUT2D eigenvalue weighted by Gasteiger charge is -2.06. The predicted octanol–water partition coefficient (Wildman–Crippen LogP) is 1.75. The molecule has 0 fully saturated rings. The third-order valence-corrected chi connectivity index (χ3v) is 2.58. The zero-order chi connectivity index (χ0) is 14.4. The van der Waals surface area contributed by atoms with Crippen LogP contribution in [0.25, 0.3) is 0 Å². The zero-order valence-electron chi connectivity index (χ0n) is 10.8. The molecule has 100 valence electrons. The Kier molecular flexibility index (Phi) is 4.24. The number of nitrogens with zero attached hydrogens (tertiary/aromatic N) is 3. The summed E-state index contributed by atoms with van der Waals surface area (Å²) in [6.45, 7) is 0.531. The molecule has 0 aliphatic heterocycles. The maximum Gasteiger partial charge on any atom is 0.376 e. The van der Waals surface area contributed by atoms with Gasteiger partial charge in [0.1, 0.15) is 5.82 Å². The van der Waals surface area contributed by atoms with Gasteiger partial charge < -0.3 is 10.1 Å². The second-order valence-electron chi connectivity index (χ2n) is 3.92. The molecule has 0 aliphatic carbocycles.